The number of aromatic nitrogens is 2. The third kappa shape index (κ3) is 1.10. The number of nitrogens with two attached hydrogens (primary N) is 1. The minimum atomic E-state index is -0.512. The van der Waals surface area contributed by atoms with Crippen LogP contribution in [0.25, 0.3) is 21.7 Å². The summed E-state index contributed by atoms with van der Waals surface area (Å²) in [5, 5.41) is 9.72. The molecule has 3 rings (SSSR count). The summed E-state index contributed by atoms with van der Waals surface area (Å²) >= 11 is 0. The van der Waals surface area contributed by atoms with Crippen LogP contribution < -0.4 is 5.73 Å². The van der Waals surface area contributed by atoms with Crippen molar-refractivity contribution in [2.75, 3.05) is 0 Å². The molecule has 0 fully saturated rings. The molecule has 0 aliphatic rings. The highest BCUT2D eigenvalue weighted by Crippen LogP contribution is 2.25. The smallest absolute Gasteiger partial charge is 0.269 e. The molecule has 1 aromatic heterocycles. The molecule has 0 spiro atoms. The molecule has 3 aromatic rings. The number of rotatable bonds is 1. The summed E-state index contributed by atoms with van der Waals surface area (Å²) in [4.78, 5) is 11.2. The van der Waals surface area contributed by atoms with E-state index in [1.807, 2.05) is 36.4 Å². The Morgan fingerprint density at radius 1 is 1.12 bits per heavy atom. The maximum absolute atomic E-state index is 11.2. The van der Waals surface area contributed by atoms with Crippen molar-refractivity contribution in [1.29, 1.82) is 0 Å². The Kier molecular flexibility index (Phi) is 1.71. The highest BCUT2D eigenvalue weighted by Gasteiger charge is 2.11. The van der Waals surface area contributed by atoms with Gasteiger partial charge in [-0.1, -0.05) is 30.3 Å². The van der Waals surface area contributed by atoms with E-state index < -0.39 is 5.91 Å². The van der Waals surface area contributed by atoms with Gasteiger partial charge < -0.3 is 5.73 Å². The van der Waals surface area contributed by atoms with Crippen molar-refractivity contribution in [2.45, 2.75) is 0 Å². The maximum Gasteiger partial charge on any atom is 0.269 e. The molecule has 0 atom stereocenters. The number of benzene rings is 2. The topological polar surface area (TPSA) is 71.8 Å². The van der Waals surface area contributed by atoms with E-state index in [-0.39, 0.29) is 0 Å². The molecule has 78 valence electrons. The normalized spacial score (nSPS) is 11.0. The van der Waals surface area contributed by atoms with Gasteiger partial charge in [0.25, 0.3) is 5.91 Å². The van der Waals surface area contributed by atoms with Crippen LogP contribution >= 0.6 is 0 Å². The van der Waals surface area contributed by atoms with Crippen LogP contribution in [0.1, 0.15) is 10.5 Å². The number of nitrogens with zero attached hydrogens (tertiary/aromatic N) is 1. The fourth-order valence-electron chi connectivity index (χ4n) is 1.95. The molecule has 0 unspecified atom stereocenters. The molecule has 0 saturated heterocycles. The van der Waals surface area contributed by atoms with E-state index in [0.717, 1.165) is 21.7 Å². The van der Waals surface area contributed by atoms with Gasteiger partial charge in [0.2, 0.25) is 0 Å². The summed E-state index contributed by atoms with van der Waals surface area (Å²) < 4.78 is 0. The number of aromatic amines is 1. The molecule has 4 nitrogen and oxygen atoms in total. The van der Waals surface area contributed by atoms with E-state index in [4.69, 9.17) is 5.73 Å². The van der Waals surface area contributed by atoms with E-state index in [1.165, 1.54) is 0 Å². The lowest BCUT2D eigenvalue weighted by Gasteiger charge is -1.98. The molecular weight excluding hydrogens is 202 g/mol. The third-order valence-corrected chi connectivity index (χ3v) is 2.70. The maximum atomic E-state index is 11.2. The van der Waals surface area contributed by atoms with Crippen LogP contribution in [-0.2, 0) is 0 Å². The highest BCUT2D eigenvalue weighted by molar-refractivity contribution is 6.12. The minimum absolute atomic E-state index is 0.292. The average molecular weight is 211 g/mol. The minimum Gasteiger partial charge on any atom is -0.364 e. The van der Waals surface area contributed by atoms with Gasteiger partial charge in [-0.2, -0.15) is 5.10 Å². The summed E-state index contributed by atoms with van der Waals surface area (Å²) in [6.45, 7) is 0. The first-order chi connectivity index (χ1) is 7.77. The predicted octanol–water partition coefficient (Wildman–Crippen LogP) is 1.81. The number of amides is 1. The van der Waals surface area contributed by atoms with Crippen molar-refractivity contribution in [2.24, 2.45) is 5.73 Å². The van der Waals surface area contributed by atoms with Gasteiger partial charge >= 0.3 is 0 Å². The first-order valence-corrected chi connectivity index (χ1v) is 4.93. The number of fused-ring (bicyclic) bond motifs is 3. The number of carbonyl (C=O) groups excluding carboxylic acids is 1. The number of hydrogen-bond donors (Lipinski definition) is 2. The summed E-state index contributed by atoms with van der Waals surface area (Å²) in [6, 6.07) is 11.7. The molecule has 4 heteroatoms. The van der Waals surface area contributed by atoms with Gasteiger partial charge in [-0.15, -0.1) is 0 Å². The van der Waals surface area contributed by atoms with E-state index in [2.05, 4.69) is 10.2 Å². The second-order valence-corrected chi connectivity index (χ2v) is 3.65. The largest absolute Gasteiger partial charge is 0.364 e. The first-order valence-electron chi connectivity index (χ1n) is 4.93. The fourth-order valence-corrected chi connectivity index (χ4v) is 1.95. The Labute approximate surface area is 91.1 Å². The van der Waals surface area contributed by atoms with E-state index >= 15 is 0 Å². The zero-order valence-corrected chi connectivity index (χ0v) is 8.40. The Morgan fingerprint density at radius 2 is 1.94 bits per heavy atom. The molecule has 0 aliphatic carbocycles. The lowest BCUT2D eigenvalue weighted by Crippen LogP contribution is -2.11. The zero-order chi connectivity index (χ0) is 11.1. The quantitative estimate of drug-likeness (QED) is 0.644. The number of hydrogen-bond acceptors (Lipinski definition) is 2. The van der Waals surface area contributed by atoms with Crippen LogP contribution in [0.4, 0.5) is 0 Å². The molecule has 0 bridgehead atoms. The fraction of sp³-hybridized carbons (Fsp3) is 0. The monoisotopic (exact) mass is 211 g/mol. The molecule has 0 radical (unpaired) electrons. The van der Waals surface area contributed by atoms with Crippen molar-refractivity contribution in [3.8, 4) is 0 Å². The molecule has 1 heterocycles. The zero-order valence-electron chi connectivity index (χ0n) is 8.40. The van der Waals surface area contributed by atoms with E-state index in [9.17, 15) is 4.79 Å². The van der Waals surface area contributed by atoms with Crippen molar-refractivity contribution in [3.63, 3.8) is 0 Å². The molecule has 2 aromatic carbocycles. The third-order valence-electron chi connectivity index (χ3n) is 2.70. The summed E-state index contributed by atoms with van der Waals surface area (Å²) in [7, 11) is 0. The SMILES string of the molecule is NC(=O)c1n[nH]c2c1ccc1ccccc12. The molecular formula is C12H9N3O. The van der Waals surface area contributed by atoms with Gasteiger partial charge in [0.15, 0.2) is 5.69 Å². The summed E-state index contributed by atoms with van der Waals surface area (Å²) in [5.41, 5.74) is 6.39. The van der Waals surface area contributed by atoms with E-state index in [1.54, 1.807) is 0 Å². The van der Waals surface area contributed by atoms with Crippen molar-refractivity contribution in [1.82, 2.24) is 10.2 Å². The Morgan fingerprint density at radius 3 is 2.75 bits per heavy atom. The molecule has 0 saturated carbocycles. The number of nitrogens with one attached hydrogen (secondary N) is 1. The molecule has 1 amide bonds. The van der Waals surface area contributed by atoms with Gasteiger partial charge in [0, 0.05) is 10.8 Å². The Balaban J connectivity index is 2.49. The predicted molar refractivity (Wildman–Crippen MR) is 62.1 cm³/mol. The van der Waals surface area contributed by atoms with Gasteiger partial charge in [-0.3, -0.25) is 9.89 Å². The lowest BCUT2D eigenvalue weighted by molar-refractivity contribution is 0.0997. The number of carbonyl (C=O) groups is 1. The Hall–Kier alpha value is -2.36. The lowest BCUT2D eigenvalue weighted by atomic mass is 10.1. The second kappa shape index (κ2) is 3.06. The van der Waals surface area contributed by atoms with Gasteiger partial charge in [0.1, 0.15) is 0 Å². The van der Waals surface area contributed by atoms with E-state index in [0.29, 0.717) is 5.69 Å². The number of H-pyrrole nitrogens is 1. The summed E-state index contributed by atoms with van der Waals surface area (Å²) in [6.07, 6.45) is 0. The van der Waals surface area contributed by atoms with Crippen LogP contribution in [0.2, 0.25) is 0 Å². The van der Waals surface area contributed by atoms with Crippen LogP contribution in [-0.4, -0.2) is 16.1 Å². The number of primary amides is 1. The molecule has 0 aliphatic heterocycles. The standard InChI is InChI=1S/C12H9N3O/c13-12(16)11-9-6-5-7-3-1-2-4-8(7)10(9)14-15-11/h1-6H,(H2,13,16)(H,14,15). The van der Waals surface area contributed by atoms with Crippen molar-refractivity contribution < 1.29 is 4.79 Å². The molecule has 16 heavy (non-hydrogen) atoms. The van der Waals surface area contributed by atoms with Crippen molar-refractivity contribution >= 4 is 27.6 Å². The van der Waals surface area contributed by atoms with Crippen molar-refractivity contribution in [3.05, 3.63) is 42.1 Å². The van der Waals surface area contributed by atoms with Crippen LogP contribution in [0.5, 0.6) is 0 Å². The molecule has 3 N–H and O–H groups in total. The first kappa shape index (κ1) is 8.91. The van der Waals surface area contributed by atoms with Gasteiger partial charge in [0.05, 0.1) is 5.52 Å². The summed E-state index contributed by atoms with van der Waals surface area (Å²) in [5.74, 6) is -0.512. The Bertz CT molecular complexity index is 700. The van der Waals surface area contributed by atoms with Gasteiger partial charge in [-0.05, 0) is 11.5 Å². The van der Waals surface area contributed by atoms with Crippen LogP contribution in [0.3, 0.4) is 0 Å². The van der Waals surface area contributed by atoms with Gasteiger partial charge in [-0.25, -0.2) is 0 Å². The second-order valence-electron chi connectivity index (χ2n) is 3.65. The van der Waals surface area contributed by atoms with Crippen LogP contribution in [0.15, 0.2) is 36.4 Å². The average Bonchev–Trinajstić information content (AvgIpc) is 2.73. The van der Waals surface area contributed by atoms with Crippen LogP contribution in [0, 0.1) is 0 Å². The highest BCUT2D eigenvalue weighted by atomic mass is 16.1.